The molecule has 0 fully saturated rings. The summed E-state index contributed by atoms with van der Waals surface area (Å²) in [5.41, 5.74) is 1.67. The van der Waals surface area contributed by atoms with E-state index in [1.807, 2.05) is 0 Å². The van der Waals surface area contributed by atoms with Crippen molar-refractivity contribution in [1.29, 1.82) is 0 Å². The first-order valence-electron chi connectivity index (χ1n) is 5.17. The van der Waals surface area contributed by atoms with Gasteiger partial charge in [0, 0.05) is 5.41 Å². The third-order valence-electron chi connectivity index (χ3n) is 2.42. The van der Waals surface area contributed by atoms with Crippen molar-refractivity contribution in [3.8, 4) is 0 Å². The van der Waals surface area contributed by atoms with E-state index in [0.717, 1.165) is 11.0 Å². The van der Waals surface area contributed by atoms with Crippen LogP contribution in [0.1, 0.15) is 19.4 Å². The second-order valence-electron chi connectivity index (χ2n) is 5.70. The minimum Gasteiger partial charge on any atom is -0.330 e. The van der Waals surface area contributed by atoms with Crippen molar-refractivity contribution in [2.45, 2.75) is 19.3 Å². The molecule has 0 spiro atoms. The summed E-state index contributed by atoms with van der Waals surface area (Å²) in [6.07, 6.45) is 0. The van der Waals surface area contributed by atoms with Crippen molar-refractivity contribution in [2.75, 3.05) is 27.7 Å². The monoisotopic (exact) mass is 192 g/mol. The largest absolute Gasteiger partial charge is 0.330 e. The van der Waals surface area contributed by atoms with Gasteiger partial charge in [-0.05, 0) is 5.56 Å². The fourth-order valence-electron chi connectivity index (χ4n) is 2.17. The third kappa shape index (κ3) is 3.15. The summed E-state index contributed by atoms with van der Waals surface area (Å²) in [6, 6.07) is 10.7. The first-order chi connectivity index (χ1) is 6.31. The molecular weight excluding hydrogens is 170 g/mol. The highest BCUT2D eigenvalue weighted by molar-refractivity contribution is 5.23. The summed E-state index contributed by atoms with van der Waals surface area (Å²) in [5, 5.41) is 0. The molecule has 1 aromatic rings. The molecule has 78 valence electrons. The van der Waals surface area contributed by atoms with Crippen molar-refractivity contribution < 1.29 is 4.48 Å². The van der Waals surface area contributed by atoms with Gasteiger partial charge in [-0.1, -0.05) is 44.2 Å². The Bertz CT molecular complexity index is 280. The van der Waals surface area contributed by atoms with Gasteiger partial charge in [-0.2, -0.15) is 0 Å². The molecule has 0 aliphatic rings. The lowest BCUT2D eigenvalue weighted by Gasteiger charge is -2.34. The van der Waals surface area contributed by atoms with Crippen molar-refractivity contribution in [1.82, 2.24) is 0 Å². The van der Waals surface area contributed by atoms with E-state index >= 15 is 0 Å². The van der Waals surface area contributed by atoms with Crippen LogP contribution < -0.4 is 0 Å². The maximum Gasteiger partial charge on any atom is 0.0873 e. The third-order valence-corrected chi connectivity index (χ3v) is 2.42. The predicted octanol–water partition coefficient (Wildman–Crippen LogP) is 2.67. The minimum absolute atomic E-state index is 0.250. The lowest BCUT2D eigenvalue weighted by Crippen LogP contribution is -2.44. The Labute approximate surface area is 88.0 Å². The first kappa shape index (κ1) is 11.3. The van der Waals surface area contributed by atoms with Crippen molar-refractivity contribution in [3.05, 3.63) is 35.9 Å². The minimum atomic E-state index is 0.250. The number of rotatable bonds is 3. The zero-order valence-electron chi connectivity index (χ0n) is 10.0. The van der Waals surface area contributed by atoms with Crippen molar-refractivity contribution in [2.24, 2.45) is 0 Å². The average molecular weight is 192 g/mol. The lowest BCUT2D eigenvalue weighted by molar-refractivity contribution is -0.874. The van der Waals surface area contributed by atoms with E-state index in [-0.39, 0.29) is 5.41 Å². The predicted molar refractivity (Wildman–Crippen MR) is 62.4 cm³/mol. The van der Waals surface area contributed by atoms with Gasteiger partial charge in [0.2, 0.25) is 0 Å². The van der Waals surface area contributed by atoms with E-state index in [1.54, 1.807) is 0 Å². The normalized spacial score (nSPS) is 12.9. The molecule has 0 N–H and O–H groups in total. The van der Waals surface area contributed by atoms with Crippen LogP contribution >= 0.6 is 0 Å². The molecule has 0 atom stereocenters. The summed E-state index contributed by atoms with van der Waals surface area (Å²) in [6.45, 7) is 5.77. The smallest absolute Gasteiger partial charge is 0.0873 e. The van der Waals surface area contributed by atoms with Gasteiger partial charge >= 0.3 is 0 Å². The van der Waals surface area contributed by atoms with Crippen LogP contribution in [0.3, 0.4) is 0 Å². The SMILES string of the molecule is CC(C)(C[N+](C)(C)C)c1ccccc1. The molecule has 0 aromatic heterocycles. The Morgan fingerprint density at radius 3 is 1.93 bits per heavy atom. The summed E-state index contributed by atoms with van der Waals surface area (Å²) >= 11 is 0. The molecule has 1 aromatic carbocycles. The molecule has 0 saturated carbocycles. The van der Waals surface area contributed by atoms with Gasteiger partial charge in [0.25, 0.3) is 0 Å². The topological polar surface area (TPSA) is 0 Å². The molecule has 1 nitrogen and oxygen atoms in total. The highest BCUT2D eigenvalue weighted by Gasteiger charge is 2.27. The molecule has 0 unspecified atom stereocenters. The average Bonchev–Trinajstić information content (AvgIpc) is 2.01. The van der Waals surface area contributed by atoms with Crippen molar-refractivity contribution in [3.63, 3.8) is 0 Å². The van der Waals surface area contributed by atoms with Crippen LogP contribution in [0.25, 0.3) is 0 Å². The van der Waals surface area contributed by atoms with Crippen LogP contribution in [0.5, 0.6) is 0 Å². The molecule has 0 amide bonds. The van der Waals surface area contributed by atoms with E-state index < -0.39 is 0 Å². The molecule has 1 heteroatoms. The van der Waals surface area contributed by atoms with E-state index in [9.17, 15) is 0 Å². The molecule has 0 aliphatic carbocycles. The summed E-state index contributed by atoms with van der Waals surface area (Å²) in [4.78, 5) is 0. The van der Waals surface area contributed by atoms with E-state index in [4.69, 9.17) is 0 Å². The second-order valence-corrected chi connectivity index (χ2v) is 5.70. The summed E-state index contributed by atoms with van der Waals surface area (Å²) in [7, 11) is 6.72. The van der Waals surface area contributed by atoms with Gasteiger partial charge in [-0.3, -0.25) is 0 Å². The standard InChI is InChI=1S/C13H22N/c1-13(2,11-14(3,4)5)12-9-7-6-8-10-12/h6-10H,11H2,1-5H3/q+1. The number of likely N-dealkylation sites (N-methyl/N-ethyl adjacent to an activating group) is 1. The van der Waals surface area contributed by atoms with Crippen LogP contribution in [0.2, 0.25) is 0 Å². The van der Waals surface area contributed by atoms with Gasteiger partial charge < -0.3 is 4.48 Å². The van der Waals surface area contributed by atoms with Gasteiger partial charge in [0.05, 0.1) is 27.7 Å². The number of hydrogen-bond donors (Lipinski definition) is 0. The Morgan fingerprint density at radius 1 is 1.00 bits per heavy atom. The van der Waals surface area contributed by atoms with Gasteiger partial charge in [-0.25, -0.2) is 0 Å². The van der Waals surface area contributed by atoms with Crippen LogP contribution in [-0.4, -0.2) is 32.2 Å². The van der Waals surface area contributed by atoms with Gasteiger partial charge in [-0.15, -0.1) is 0 Å². The fraction of sp³-hybridized carbons (Fsp3) is 0.538. The summed E-state index contributed by atoms with van der Waals surface area (Å²) in [5.74, 6) is 0. The van der Waals surface area contributed by atoms with Crippen LogP contribution in [0.15, 0.2) is 30.3 Å². The molecular formula is C13H22N+. The Morgan fingerprint density at radius 2 is 1.50 bits per heavy atom. The zero-order valence-corrected chi connectivity index (χ0v) is 10.0. The first-order valence-corrected chi connectivity index (χ1v) is 5.17. The van der Waals surface area contributed by atoms with Gasteiger partial charge in [0.15, 0.2) is 0 Å². The molecule has 14 heavy (non-hydrogen) atoms. The van der Waals surface area contributed by atoms with Crippen molar-refractivity contribution >= 4 is 0 Å². The van der Waals surface area contributed by atoms with E-state index in [0.29, 0.717) is 0 Å². The number of quaternary nitrogens is 1. The van der Waals surface area contributed by atoms with Gasteiger partial charge in [0.1, 0.15) is 0 Å². The molecule has 0 radical (unpaired) electrons. The number of hydrogen-bond acceptors (Lipinski definition) is 0. The Kier molecular flexibility index (Phi) is 3.01. The highest BCUT2D eigenvalue weighted by atomic mass is 15.3. The Hall–Kier alpha value is -0.820. The Balaban J connectivity index is 2.86. The van der Waals surface area contributed by atoms with Crippen LogP contribution in [0, 0.1) is 0 Å². The maximum absolute atomic E-state index is 2.31. The maximum atomic E-state index is 2.31. The number of benzene rings is 1. The highest BCUT2D eigenvalue weighted by Crippen LogP contribution is 2.24. The van der Waals surface area contributed by atoms with Crippen LogP contribution in [0.4, 0.5) is 0 Å². The molecule has 0 heterocycles. The number of nitrogens with zero attached hydrogens (tertiary/aromatic N) is 1. The van der Waals surface area contributed by atoms with E-state index in [2.05, 4.69) is 65.3 Å². The lowest BCUT2D eigenvalue weighted by atomic mass is 9.84. The summed E-state index contributed by atoms with van der Waals surface area (Å²) < 4.78 is 1.00. The van der Waals surface area contributed by atoms with Crippen LogP contribution in [-0.2, 0) is 5.41 Å². The quantitative estimate of drug-likeness (QED) is 0.646. The second kappa shape index (κ2) is 3.74. The molecule has 1 rings (SSSR count). The molecule has 0 aliphatic heterocycles. The molecule has 0 bridgehead atoms. The fourth-order valence-corrected chi connectivity index (χ4v) is 2.17. The zero-order chi connectivity index (χ0) is 10.8. The van der Waals surface area contributed by atoms with E-state index in [1.165, 1.54) is 5.56 Å². The molecule has 0 saturated heterocycles.